The second-order valence-corrected chi connectivity index (χ2v) is 34.2. The van der Waals surface area contributed by atoms with Crippen LogP contribution in [0.5, 0.6) is 51.7 Å². The number of phenols is 3. The molecule has 6 aromatic rings. The van der Waals surface area contributed by atoms with E-state index in [0.717, 1.165) is 85.2 Å². The van der Waals surface area contributed by atoms with Crippen molar-refractivity contribution in [3.8, 4) is 62.9 Å². The van der Waals surface area contributed by atoms with Crippen LogP contribution in [0.3, 0.4) is 0 Å². The molecule has 116 heavy (non-hydrogen) atoms. The fraction of sp³-hybridized carbons (Fsp3) is 0.471. The van der Waals surface area contributed by atoms with Crippen LogP contribution in [0.2, 0.25) is 10.0 Å². The molecule has 14 atom stereocenters. The Morgan fingerprint density at radius 3 is 1.84 bits per heavy atom. The molecule has 618 valence electrons. The summed E-state index contributed by atoms with van der Waals surface area (Å²) in [6.07, 6.45) is -13.2. The predicted molar refractivity (Wildman–Crippen MR) is 417 cm³/mol. The number of nitrogens with two attached hydrogens (primary N) is 1. The molecule has 29 nitrogen and oxygen atoms in total. The summed E-state index contributed by atoms with van der Waals surface area (Å²) in [4.78, 5) is 136. The lowest BCUT2D eigenvalue weighted by Gasteiger charge is -2.54. The molecule has 4 aliphatic carbocycles. The van der Waals surface area contributed by atoms with Crippen LogP contribution in [-0.4, -0.2) is 155 Å². The Bertz CT molecular complexity index is 4840. The van der Waals surface area contributed by atoms with Crippen molar-refractivity contribution in [2.75, 3.05) is 6.61 Å². The van der Waals surface area contributed by atoms with Crippen LogP contribution in [0.25, 0.3) is 11.1 Å². The number of nitrogens with one attached hydrogen (secondary N) is 5. The van der Waals surface area contributed by atoms with Crippen LogP contribution in [0, 0.1) is 62.2 Å². The van der Waals surface area contributed by atoms with Crippen molar-refractivity contribution in [3.05, 3.63) is 146 Å². The molecule has 6 amide bonds. The van der Waals surface area contributed by atoms with Crippen molar-refractivity contribution < 1.29 is 112 Å². The summed E-state index contributed by atoms with van der Waals surface area (Å²) >= 11 is 14.4. The Hall–Kier alpha value is -10.1. The maximum absolute atomic E-state index is 16.5. The minimum Gasteiger partial charge on any atom is -0.508 e. The van der Waals surface area contributed by atoms with Crippen molar-refractivity contribution in [1.29, 1.82) is 0 Å². The molecule has 31 heteroatoms. The number of fused-ring (bicyclic) bond motifs is 15. The Balaban J connectivity index is 0.988. The quantitative estimate of drug-likeness (QED) is 0.0455. The number of hydrogen-bond acceptors (Lipinski definition) is 23. The Labute approximate surface area is 678 Å². The van der Waals surface area contributed by atoms with Crippen molar-refractivity contribution in [1.82, 2.24) is 26.6 Å². The number of alkyl carbamates (subject to hydrolysis) is 1. The van der Waals surface area contributed by atoms with Crippen LogP contribution in [0.1, 0.15) is 174 Å². The molecule has 5 unspecified atom stereocenters. The van der Waals surface area contributed by atoms with Gasteiger partial charge in [-0.2, -0.15) is 0 Å². The molecule has 0 spiro atoms. The van der Waals surface area contributed by atoms with Gasteiger partial charge in [0.25, 0.3) is 0 Å². The highest BCUT2D eigenvalue weighted by Crippen LogP contribution is 2.58. The average molecular weight is 1640 g/mol. The summed E-state index contributed by atoms with van der Waals surface area (Å²) in [6, 6.07) is 9.39. The van der Waals surface area contributed by atoms with Crippen molar-refractivity contribution in [2.45, 2.75) is 204 Å². The van der Waals surface area contributed by atoms with Crippen LogP contribution in [0.4, 0.5) is 4.79 Å². The normalized spacial score (nSPS) is 28.1. The minimum atomic E-state index is -2.19. The first kappa shape index (κ1) is 83.8. The summed E-state index contributed by atoms with van der Waals surface area (Å²) < 4.78 is 38.1. The van der Waals surface area contributed by atoms with Gasteiger partial charge in [-0.05, 0) is 209 Å². The molecule has 16 rings (SSSR count). The van der Waals surface area contributed by atoms with Gasteiger partial charge in [-0.3, -0.25) is 38.4 Å². The number of carbonyl (C=O) groups excluding carboxylic acids is 9. The number of aliphatic hydroxyl groups excluding tert-OH is 5. The number of hydrogen-bond donors (Lipinski definition) is 14. The topological polar surface area (TPSA) is 457 Å². The molecule has 0 aromatic heterocycles. The van der Waals surface area contributed by atoms with Crippen molar-refractivity contribution in [3.63, 3.8) is 0 Å². The molecule has 6 heterocycles. The first-order valence-corrected chi connectivity index (χ1v) is 39.6. The van der Waals surface area contributed by atoms with Gasteiger partial charge in [0.2, 0.25) is 41.6 Å². The molecule has 5 fully saturated rings. The summed E-state index contributed by atoms with van der Waals surface area (Å²) in [6.45, 7) is 13.3. The zero-order valence-corrected chi connectivity index (χ0v) is 66.5. The zero-order chi connectivity index (χ0) is 83.5. The number of benzene rings is 6. The second kappa shape index (κ2) is 33.8. The maximum atomic E-state index is 16.5. The van der Waals surface area contributed by atoms with Gasteiger partial charge in [-0.1, -0.05) is 72.9 Å². The van der Waals surface area contributed by atoms with E-state index in [1.165, 1.54) is 42.5 Å². The number of aliphatic hydroxyl groups is 5. The van der Waals surface area contributed by atoms with E-state index in [-0.39, 0.29) is 97.0 Å². The number of ether oxygens (including phenoxy) is 6. The lowest BCUT2D eigenvalue weighted by Crippen LogP contribution is -2.60. The summed E-state index contributed by atoms with van der Waals surface area (Å²) in [5.74, 6) is -15.2. The maximum Gasteiger partial charge on any atom is 0.408 e. The molecule has 15 bridgehead atoms. The second-order valence-electron chi connectivity index (χ2n) is 33.4. The standard InChI is InChI=1S/C85H96Cl2N6O23/c1-35(2)15-55(89-84(110)116-85(6,7)8)81(108)92-70-58(97)26-47(29-66(88)100)79(106)90-68-46-27-63(112-61-13-10-42(72(70)101)24-53(61)86)78(115-83-76(105)75(104)74(103)65(114-83)34-111-77-37(4)16-36(3)17-38(77)5)64(28-46)113-62-14-11-43(25-54(62)87)73(102)71-82(109)91-69(60(99)32-49-44-19-39-18-40(21-44)22-45(49)20-39)52-30-48(94)31-57(96)67(52)51-23-41(9-12-56(51)95)50(33-59(68)98)80(107)93-71/h9-14,16-17,23-25,27-28,30-31,35,39-40,44-45,47,49-50,55,65,68-76,83,94-96,101-105H,15,18-22,26,29,32-34H2,1-8H3,(H2,88,100)(H,89,110)(H,90,106)(H,91,109)(H,92,108)(H,93,107)/t39?,40?,44?,45?,47-,49?,50+,55+,65?,68+,69-,70-,71+,72+,73+,74?,75?,76?,83?/m0/s1. The van der Waals surface area contributed by atoms with Gasteiger partial charge in [0.15, 0.2) is 28.8 Å². The van der Waals surface area contributed by atoms with E-state index in [2.05, 4.69) is 26.6 Å². The van der Waals surface area contributed by atoms with Gasteiger partial charge in [-0.15, -0.1) is 0 Å². The van der Waals surface area contributed by atoms with E-state index >= 15 is 28.8 Å². The monoisotopic (exact) mass is 1640 g/mol. The molecule has 10 aliphatic rings. The highest BCUT2D eigenvalue weighted by Gasteiger charge is 2.51. The molecule has 4 saturated carbocycles. The highest BCUT2D eigenvalue weighted by atomic mass is 35.5. The summed E-state index contributed by atoms with van der Waals surface area (Å²) in [7, 11) is 0. The largest absolute Gasteiger partial charge is 0.508 e. The number of carbonyl (C=O) groups is 9. The van der Waals surface area contributed by atoms with Crippen LogP contribution in [-0.2, 0) is 47.8 Å². The number of aromatic hydroxyl groups is 3. The van der Waals surface area contributed by atoms with E-state index in [0.29, 0.717) is 17.6 Å². The number of ketones is 3. The number of Topliss-reactive ketones (excluding diaryl/α,β-unsaturated/α-hetero) is 3. The molecular weight excluding hydrogens is 1540 g/mol. The van der Waals surface area contributed by atoms with E-state index in [4.69, 9.17) is 57.4 Å². The number of rotatable bonds is 15. The number of amides is 6. The number of aryl methyl sites for hydroxylation is 3. The lowest BCUT2D eigenvalue weighted by atomic mass is 9.51. The van der Waals surface area contributed by atoms with Gasteiger partial charge in [0.05, 0.1) is 21.9 Å². The van der Waals surface area contributed by atoms with Gasteiger partial charge in [0, 0.05) is 42.9 Å². The van der Waals surface area contributed by atoms with Crippen molar-refractivity contribution >= 4 is 76.2 Å². The molecule has 15 N–H and O–H groups in total. The Morgan fingerprint density at radius 1 is 0.638 bits per heavy atom. The third-order valence-corrected chi connectivity index (χ3v) is 23.7. The molecule has 6 aliphatic heterocycles. The van der Waals surface area contributed by atoms with E-state index < -0.39 is 204 Å². The SMILES string of the molecule is Cc1cc(C)c(OCC2OC(Oc3c4cc5cc3Oc3ccc(cc3Cl)[C@@H](O)[C@H]3NC(=O)[C@H](CC(=O)[C@@H]5NC(=O)[C@H](CC(N)=O)CC(=O)[C@H](NC(=O)[C@@H](CC(C)C)NC(=O)OC(C)(C)C)[C@H](O)c5ccc(c(Cl)c5)O4)c4ccc(O)c(c4)-c4c(O)cc(O)cc4[C@@H](C(=O)CC4C5CC6CC(C5)CC4C6)NC3=O)C(O)C(O)C2O)c(C)c1. The van der Waals surface area contributed by atoms with Gasteiger partial charge in [0.1, 0.15) is 114 Å². The smallest absolute Gasteiger partial charge is 0.408 e. The fourth-order valence-corrected chi connectivity index (χ4v) is 18.4. The summed E-state index contributed by atoms with van der Waals surface area (Å²) in [5, 5.41) is 109. The lowest BCUT2D eigenvalue weighted by molar-refractivity contribution is -0.276. The molecule has 0 radical (unpaired) electrons. The number of primary amides is 1. The van der Waals surface area contributed by atoms with E-state index in [1.54, 1.807) is 48.5 Å². The Morgan fingerprint density at radius 2 is 1.25 bits per heavy atom. The Kier molecular flexibility index (Phi) is 24.5. The molecular formula is C85H96Cl2N6O23. The van der Waals surface area contributed by atoms with Gasteiger partial charge < -0.3 is 102 Å². The third-order valence-electron chi connectivity index (χ3n) is 23.1. The van der Waals surface area contributed by atoms with Crippen molar-refractivity contribution in [2.24, 2.45) is 47.2 Å². The van der Waals surface area contributed by atoms with Gasteiger partial charge in [-0.25, -0.2) is 4.79 Å². The average Bonchev–Trinajstić information content (AvgIpc) is 0.760. The third kappa shape index (κ3) is 18.0. The van der Waals surface area contributed by atoms with Crippen LogP contribution in [0.15, 0.2) is 91.0 Å². The zero-order valence-electron chi connectivity index (χ0n) is 65.0. The predicted octanol–water partition coefficient (Wildman–Crippen LogP) is 9.11. The van der Waals surface area contributed by atoms with Gasteiger partial charge >= 0.3 is 6.09 Å². The number of halogens is 2. The minimum absolute atomic E-state index is 0.0436. The first-order valence-electron chi connectivity index (χ1n) is 38.9. The van der Waals surface area contributed by atoms with E-state index in [9.17, 15) is 55.2 Å². The number of phenolic OH excluding ortho intramolecular Hbond substituents is 3. The summed E-state index contributed by atoms with van der Waals surface area (Å²) in [5.41, 5.74) is 5.63. The molecule has 1 saturated heterocycles. The highest BCUT2D eigenvalue weighted by molar-refractivity contribution is 6.32. The van der Waals surface area contributed by atoms with Crippen LogP contribution >= 0.6 is 23.2 Å². The fourth-order valence-electron chi connectivity index (χ4n) is 17.9. The molecule has 6 aromatic carbocycles. The van der Waals surface area contributed by atoms with E-state index in [1.807, 2.05) is 19.1 Å². The van der Waals surface area contributed by atoms with Crippen LogP contribution < -0.4 is 51.3 Å². The first-order chi connectivity index (χ1) is 54.8.